The SMILES string of the molecule is CC1=C(C(=O)OC[C@@H]2CCCO2)[C@@H](c2cccc(Cl)c2)n2ncnc2N1. The molecule has 0 amide bonds. The molecular weight excluding hydrogens is 356 g/mol. The molecule has 4 rings (SSSR count). The number of esters is 1. The lowest BCUT2D eigenvalue weighted by atomic mass is 9.96. The maximum absolute atomic E-state index is 12.9. The smallest absolute Gasteiger partial charge is 0.338 e. The number of carbonyl (C=O) groups is 1. The van der Waals surface area contributed by atoms with E-state index in [-0.39, 0.29) is 12.7 Å². The summed E-state index contributed by atoms with van der Waals surface area (Å²) < 4.78 is 12.8. The maximum Gasteiger partial charge on any atom is 0.338 e. The molecule has 0 radical (unpaired) electrons. The van der Waals surface area contributed by atoms with Gasteiger partial charge in [-0.05, 0) is 37.5 Å². The topological polar surface area (TPSA) is 78.3 Å². The number of nitrogens with zero attached hydrogens (tertiary/aromatic N) is 3. The highest BCUT2D eigenvalue weighted by atomic mass is 35.5. The van der Waals surface area contributed by atoms with Crippen LogP contribution in [0.5, 0.6) is 0 Å². The Labute approximate surface area is 156 Å². The molecule has 1 aromatic carbocycles. The number of benzene rings is 1. The van der Waals surface area contributed by atoms with Gasteiger partial charge < -0.3 is 14.8 Å². The summed E-state index contributed by atoms with van der Waals surface area (Å²) in [6.07, 6.45) is 3.34. The van der Waals surface area contributed by atoms with E-state index in [0.29, 0.717) is 22.2 Å². The minimum Gasteiger partial charge on any atom is -0.459 e. The van der Waals surface area contributed by atoms with E-state index in [9.17, 15) is 4.79 Å². The quantitative estimate of drug-likeness (QED) is 0.829. The van der Waals surface area contributed by atoms with Gasteiger partial charge in [0.15, 0.2) is 0 Å². The number of rotatable bonds is 4. The Hall–Kier alpha value is -2.38. The van der Waals surface area contributed by atoms with Gasteiger partial charge in [-0.3, -0.25) is 0 Å². The predicted octanol–water partition coefficient (Wildman–Crippen LogP) is 2.94. The van der Waals surface area contributed by atoms with E-state index in [1.165, 1.54) is 6.33 Å². The molecule has 0 spiro atoms. The predicted molar refractivity (Wildman–Crippen MR) is 95.9 cm³/mol. The summed E-state index contributed by atoms with van der Waals surface area (Å²) in [5.74, 6) is 0.180. The fourth-order valence-corrected chi connectivity index (χ4v) is 3.56. The second kappa shape index (κ2) is 7.09. The van der Waals surface area contributed by atoms with Crippen LogP contribution in [-0.4, -0.2) is 40.1 Å². The summed E-state index contributed by atoms with van der Waals surface area (Å²) in [6, 6.07) is 6.92. The van der Waals surface area contributed by atoms with Gasteiger partial charge in [0, 0.05) is 17.3 Å². The zero-order valence-corrected chi connectivity index (χ0v) is 15.1. The van der Waals surface area contributed by atoms with Gasteiger partial charge in [0.25, 0.3) is 0 Å². The number of nitrogens with one attached hydrogen (secondary N) is 1. The van der Waals surface area contributed by atoms with Crippen LogP contribution in [0.15, 0.2) is 41.9 Å². The van der Waals surface area contributed by atoms with Crippen molar-refractivity contribution in [3.63, 3.8) is 0 Å². The van der Waals surface area contributed by atoms with Gasteiger partial charge in [-0.25, -0.2) is 9.48 Å². The highest BCUT2D eigenvalue weighted by Gasteiger charge is 2.34. The molecule has 2 aliphatic rings. The van der Waals surface area contributed by atoms with Gasteiger partial charge in [0.05, 0.1) is 11.7 Å². The highest BCUT2D eigenvalue weighted by molar-refractivity contribution is 6.30. The largest absolute Gasteiger partial charge is 0.459 e. The van der Waals surface area contributed by atoms with Gasteiger partial charge >= 0.3 is 5.97 Å². The van der Waals surface area contributed by atoms with Crippen molar-refractivity contribution in [3.05, 3.63) is 52.4 Å². The highest BCUT2D eigenvalue weighted by Crippen LogP contribution is 2.36. The van der Waals surface area contributed by atoms with Crippen molar-refractivity contribution < 1.29 is 14.3 Å². The number of anilines is 1. The van der Waals surface area contributed by atoms with E-state index < -0.39 is 12.0 Å². The van der Waals surface area contributed by atoms with E-state index in [0.717, 1.165) is 25.0 Å². The zero-order valence-electron chi connectivity index (χ0n) is 14.3. The third kappa shape index (κ3) is 3.20. The van der Waals surface area contributed by atoms with Crippen LogP contribution in [0.3, 0.4) is 0 Å². The third-order valence-corrected chi connectivity index (χ3v) is 4.84. The number of aromatic nitrogens is 3. The van der Waals surface area contributed by atoms with Crippen LogP contribution in [0.2, 0.25) is 5.02 Å². The molecule has 0 aliphatic carbocycles. The number of allylic oxidation sites excluding steroid dienone is 1. The maximum atomic E-state index is 12.9. The van der Waals surface area contributed by atoms with Crippen molar-refractivity contribution in [2.24, 2.45) is 0 Å². The van der Waals surface area contributed by atoms with E-state index in [4.69, 9.17) is 21.1 Å². The van der Waals surface area contributed by atoms with E-state index in [1.807, 2.05) is 25.1 Å². The van der Waals surface area contributed by atoms with Crippen molar-refractivity contribution in [1.29, 1.82) is 0 Å². The first-order valence-electron chi connectivity index (χ1n) is 8.55. The molecule has 1 aromatic heterocycles. The monoisotopic (exact) mass is 374 g/mol. The fraction of sp³-hybridized carbons (Fsp3) is 0.389. The lowest BCUT2D eigenvalue weighted by molar-refractivity contribution is -0.142. The molecule has 0 saturated carbocycles. The van der Waals surface area contributed by atoms with E-state index >= 15 is 0 Å². The number of carbonyl (C=O) groups excluding carboxylic acids is 1. The number of ether oxygens (including phenoxy) is 2. The third-order valence-electron chi connectivity index (χ3n) is 4.60. The Bertz CT molecular complexity index is 858. The summed E-state index contributed by atoms with van der Waals surface area (Å²) >= 11 is 6.17. The molecule has 3 heterocycles. The molecule has 1 fully saturated rings. The Morgan fingerprint density at radius 1 is 1.50 bits per heavy atom. The van der Waals surface area contributed by atoms with Crippen LogP contribution >= 0.6 is 11.6 Å². The molecule has 2 aromatic rings. The molecule has 0 unspecified atom stereocenters. The first-order chi connectivity index (χ1) is 12.6. The summed E-state index contributed by atoms with van der Waals surface area (Å²) in [5.41, 5.74) is 2.02. The van der Waals surface area contributed by atoms with Crippen LogP contribution in [0.4, 0.5) is 5.95 Å². The van der Waals surface area contributed by atoms with Gasteiger partial charge in [0.2, 0.25) is 5.95 Å². The minimum absolute atomic E-state index is 0.0250. The Balaban J connectivity index is 1.66. The summed E-state index contributed by atoms with van der Waals surface area (Å²) in [6.45, 7) is 2.80. The lowest BCUT2D eigenvalue weighted by Gasteiger charge is -2.28. The molecule has 2 atom stereocenters. The first kappa shape index (κ1) is 17.1. The molecular formula is C18H19ClN4O3. The van der Waals surface area contributed by atoms with E-state index in [2.05, 4.69) is 15.4 Å². The first-order valence-corrected chi connectivity index (χ1v) is 8.93. The average molecular weight is 375 g/mol. The van der Waals surface area contributed by atoms with Crippen molar-refractivity contribution >= 4 is 23.5 Å². The lowest BCUT2D eigenvalue weighted by Crippen LogP contribution is -2.30. The molecule has 2 aliphatic heterocycles. The minimum atomic E-state index is -0.454. The van der Waals surface area contributed by atoms with Gasteiger partial charge in [0.1, 0.15) is 19.0 Å². The van der Waals surface area contributed by atoms with Crippen LogP contribution in [0.25, 0.3) is 0 Å². The van der Waals surface area contributed by atoms with Crippen molar-refractivity contribution in [2.75, 3.05) is 18.5 Å². The van der Waals surface area contributed by atoms with Crippen LogP contribution in [-0.2, 0) is 14.3 Å². The molecule has 0 bridgehead atoms. The second-order valence-corrected chi connectivity index (χ2v) is 6.82. The Kier molecular flexibility index (Phi) is 4.65. The average Bonchev–Trinajstić information content (AvgIpc) is 3.29. The van der Waals surface area contributed by atoms with Gasteiger partial charge in [-0.1, -0.05) is 23.7 Å². The van der Waals surface area contributed by atoms with E-state index in [1.54, 1.807) is 10.7 Å². The number of fused-ring (bicyclic) bond motifs is 1. The normalized spacial score (nSPS) is 22.1. The summed E-state index contributed by atoms with van der Waals surface area (Å²) in [5, 5.41) is 7.99. The van der Waals surface area contributed by atoms with Gasteiger partial charge in [-0.2, -0.15) is 10.1 Å². The molecule has 136 valence electrons. The molecule has 8 heteroatoms. The van der Waals surface area contributed by atoms with Crippen molar-refractivity contribution in [2.45, 2.75) is 31.9 Å². The summed E-state index contributed by atoms with van der Waals surface area (Å²) in [4.78, 5) is 17.1. The Morgan fingerprint density at radius 2 is 2.38 bits per heavy atom. The van der Waals surface area contributed by atoms with Crippen LogP contribution in [0, 0.1) is 0 Å². The summed E-state index contributed by atoms with van der Waals surface area (Å²) in [7, 11) is 0. The number of hydrogen-bond donors (Lipinski definition) is 1. The molecule has 7 nitrogen and oxygen atoms in total. The van der Waals surface area contributed by atoms with Crippen molar-refractivity contribution in [3.8, 4) is 0 Å². The van der Waals surface area contributed by atoms with Crippen molar-refractivity contribution in [1.82, 2.24) is 14.8 Å². The van der Waals surface area contributed by atoms with Gasteiger partial charge in [-0.15, -0.1) is 0 Å². The standard InChI is InChI=1S/C18H19ClN4O3/c1-11-15(17(24)26-9-14-6-3-7-25-14)16(12-4-2-5-13(19)8-12)23-18(22-11)20-10-21-23/h2,4-5,8,10,14,16H,3,6-7,9H2,1H3,(H,20,21,22)/t14-,16+/m0/s1. The second-order valence-electron chi connectivity index (χ2n) is 6.38. The molecule has 1 saturated heterocycles. The number of halogens is 1. The molecule has 1 N–H and O–H groups in total. The zero-order chi connectivity index (χ0) is 18.1. The van der Waals surface area contributed by atoms with Crippen LogP contribution in [0.1, 0.15) is 31.4 Å². The fourth-order valence-electron chi connectivity index (χ4n) is 3.36. The Morgan fingerprint density at radius 3 is 3.15 bits per heavy atom. The molecule has 26 heavy (non-hydrogen) atoms. The van der Waals surface area contributed by atoms with Crippen LogP contribution < -0.4 is 5.32 Å². The number of hydrogen-bond acceptors (Lipinski definition) is 6.